The van der Waals surface area contributed by atoms with E-state index in [0.717, 1.165) is 38.1 Å². The zero-order valence-corrected chi connectivity index (χ0v) is 12.3. The lowest BCUT2D eigenvalue weighted by Crippen LogP contribution is -2.26. The molecule has 0 saturated carbocycles. The Morgan fingerprint density at radius 1 is 1.53 bits per heavy atom. The standard InChI is InChI=1S/C15H27N3O/c1-3-10-16-14(15-9-11-18(2)17-15)8-7-13-6-4-5-12-19-13/h9,11,13-14,16H,3-8,10,12H2,1-2H3. The summed E-state index contributed by atoms with van der Waals surface area (Å²) in [5.41, 5.74) is 1.16. The lowest BCUT2D eigenvalue weighted by atomic mass is 10.00. The van der Waals surface area contributed by atoms with Gasteiger partial charge in [0.15, 0.2) is 0 Å². The zero-order chi connectivity index (χ0) is 13.5. The van der Waals surface area contributed by atoms with Gasteiger partial charge in [0.25, 0.3) is 0 Å². The number of aryl methyl sites for hydroxylation is 1. The largest absolute Gasteiger partial charge is 0.378 e. The van der Waals surface area contributed by atoms with Crippen molar-refractivity contribution in [2.75, 3.05) is 13.2 Å². The molecule has 1 N–H and O–H groups in total. The average molecular weight is 265 g/mol. The molecule has 4 heteroatoms. The summed E-state index contributed by atoms with van der Waals surface area (Å²) in [6.45, 7) is 4.20. The van der Waals surface area contributed by atoms with Crippen LogP contribution in [-0.2, 0) is 11.8 Å². The molecule has 1 fully saturated rings. The molecule has 4 nitrogen and oxygen atoms in total. The summed E-state index contributed by atoms with van der Waals surface area (Å²) in [4.78, 5) is 0. The monoisotopic (exact) mass is 265 g/mol. The van der Waals surface area contributed by atoms with E-state index < -0.39 is 0 Å². The second kappa shape index (κ2) is 7.65. The van der Waals surface area contributed by atoms with Crippen LogP contribution < -0.4 is 5.32 Å². The Kier molecular flexibility index (Phi) is 5.86. The van der Waals surface area contributed by atoms with Gasteiger partial charge in [-0.3, -0.25) is 4.68 Å². The van der Waals surface area contributed by atoms with Crippen molar-refractivity contribution >= 4 is 0 Å². The lowest BCUT2D eigenvalue weighted by molar-refractivity contribution is 0.00847. The van der Waals surface area contributed by atoms with Gasteiger partial charge in [-0.15, -0.1) is 0 Å². The molecule has 108 valence electrons. The maximum atomic E-state index is 5.82. The number of hydrogen-bond donors (Lipinski definition) is 1. The van der Waals surface area contributed by atoms with Gasteiger partial charge in [-0.1, -0.05) is 6.92 Å². The van der Waals surface area contributed by atoms with Gasteiger partial charge in [0.2, 0.25) is 0 Å². The van der Waals surface area contributed by atoms with Gasteiger partial charge in [0.1, 0.15) is 0 Å². The summed E-state index contributed by atoms with van der Waals surface area (Å²) in [6, 6.07) is 2.49. The number of hydrogen-bond acceptors (Lipinski definition) is 3. The van der Waals surface area contributed by atoms with Crippen molar-refractivity contribution in [1.29, 1.82) is 0 Å². The normalized spacial score (nSPS) is 21.5. The van der Waals surface area contributed by atoms with Crippen LogP contribution >= 0.6 is 0 Å². The number of ether oxygens (including phenoxy) is 1. The molecule has 1 saturated heterocycles. The highest BCUT2D eigenvalue weighted by Crippen LogP contribution is 2.23. The predicted octanol–water partition coefficient (Wildman–Crippen LogP) is 2.81. The number of nitrogens with zero attached hydrogens (tertiary/aromatic N) is 2. The third-order valence-corrected chi connectivity index (χ3v) is 3.78. The Hall–Kier alpha value is -0.870. The third-order valence-electron chi connectivity index (χ3n) is 3.78. The Morgan fingerprint density at radius 3 is 3.05 bits per heavy atom. The summed E-state index contributed by atoms with van der Waals surface area (Å²) in [6.07, 6.45) is 9.66. The number of nitrogens with one attached hydrogen (secondary N) is 1. The van der Waals surface area contributed by atoms with E-state index in [1.807, 2.05) is 17.9 Å². The van der Waals surface area contributed by atoms with Crippen LogP contribution in [-0.4, -0.2) is 29.0 Å². The SMILES string of the molecule is CCCNC(CCC1CCCCO1)c1ccn(C)n1. The van der Waals surface area contributed by atoms with E-state index >= 15 is 0 Å². The van der Waals surface area contributed by atoms with Crippen LogP contribution in [0.4, 0.5) is 0 Å². The maximum Gasteiger partial charge on any atom is 0.0793 e. The van der Waals surface area contributed by atoms with E-state index in [9.17, 15) is 0 Å². The molecule has 0 aromatic carbocycles. The van der Waals surface area contributed by atoms with Crippen molar-refractivity contribution in [3.8, 4) is 0 Å². The molecule has 2 heterocycles. The van der Waals surface area contributed by atoms with E-state index in [-0.39, 0.29) is 0 Å². The quantitative estimate of drug-likeness (QED) is 0.824. The Labute approximate surface area is 116 Å². The fourth-order valence-corrected chi connectivity index (χ4v) is 2.68. The summed E-state index contributed by atoms with van der Waals surface area (Å²) in [5.74, 6) is 0. The van der Waals surface area contributed by atoms with Crippen molar-refractivity contribution in [3.63, 3.8) is 0 Å². The van der Waals surface area contributed by atoms with Crippen molar-refractivity contribution in [1.82, 2.24) is 15.1 Å². The van der Waals surface area contributed by atoms with Crippen LogP contribution in [0.5, 0.6) is 0 Å². The Morgan fingerprint density at radius 2 is 2.42 bits per heavy atom. The molecule has 1 aliphatic heterocycles. The first-order valence-corrected chi connectivity index (χ1v) is 7.64. The summed E-state index contributed by atoms with van der Waals surface area (Å²) in [7, 11) is 1.98. The minimum atomic E-state index is 0.367. The summed E-state index contributed by atoms with van der Waals surface area (Å²) >= 11 is 0. The molecular formula is C15H27N3O. The van der Waals surface area contributed by atoms with Crippen LogP contribution in [0.3, 0.4) is 0 Å². The highest BCUT2D eigenvalue weighted by molar-refractivity contribution is 5.05. The topological polar surface area (TPSA) is 39.1 Å². The Bertz CT molecular complexity index is 358. The fraction of sp³-hybridized carbons (Fsp3) is 0.800. The number of rotatable bonds is 7. The molecule has 0 aliphatic carbocycles. The van der Waals surface area contributed by atoms with Gasteiger partial charge in [0, 0.05) is 19.9 Å². The van der Waals surface area contributed by atoms with E-state index in [2.05, 4.69) is 23.4 Å². The van der Waals surface area contributed by atoms with Crippen molar-refractivity contribution in [3.05, 3.63) is 18.0 Å². The van der Waals surface area contributed by atoms with E-state index in [4.69, 9.17) is 4.74 Å². The molecule has 1 aromatic rings. The third kappa shape index (κ3) is 4.62. The fourth-order valence-electron chi connectivity index (χ4n) is 2.68. The van der Waals surface area contributed by atoms with Crippen molar-refractivity contribution in [2.45, 2.75) is 57.6 Å². The van der Waals surface area contributed by atoms with Crippen LogP contribution in [0, 0.1) is 0 Å². The van der Waals surface area contributed by atoms with Crippen LogP contribution in [0.25, 0.3) is 0 Å². The first kappa shape index (κ1) is 14.5. The van der Waals surface area contributed by atoms with Crippen molar-refractivity contribution in [2.24, 2.45) is 7.05 Å². The highest BCUT2D eigenvalue weighted by atomic mass is 16.5. The van der Waals surface area contributed by atoms with Gasteiger partial charge >= 0.3 is 0 Å². The molecule has 2 atom stereocenters. The summed E-state index contributed by atoms with van der Waals surface area (Å²) < 4.78 is 7.70. The molecule has 19 heavy (non-hydrogen) atoms. The second-order valence-corrected chi connectivity index (χ2v) is 5.49. The first-order valence-electron chi connectivity index (χ1n) is 7.64. The molecule has 0 bridgehead atoms. The van der Waals surface area contributed by atoms with Gasteiger partial charge in [-0.2, -0.15) is 5.10 Å². The van der Waals surface area contributed by atoms with Crippen LogP contribution in [0.2, 0.25) is 0 Å². The molecule has 0 spiro atoms. The minimum Gasteiger partial charge on any atom is -0.378 e. The molecule has 1 aromatic heterocycles. The van der Waals surface area contributed by atoms with E-state index in [1.165, 1.54) is 19.3 Å². The maximum absolute atomic E-state index is 5.82. The van der Waals surface area contributed by atoms with Gasteiger partial charge < -0.3 is 10.1 Å². The predicted molar refractivity (Wildman–Crippen MR) is 77.1 cm³/mol. The van der Waals surface area contributed by atoms with Crippen LogP contribution in [0.15, 0.2) is 12.3 Å². The van der Waals surface area contributed by atoms with Gasteiger partial charge in [-0.25, -0.2) is 0 Å². The molecule has 0 amide bonds. The van der Waals surface area contributed by atoms with E-state index in [1.54, 1.807) is 0 Å². The smallest absolute Gasteiger partial charge is 0.0793 e. The average Bonchev–Trinajstić information content (AvgIpc) is 2.86. The molecular weight excluding hydrogens is 238 g/mol. The molecule has 0 radical (unpaired) electrons. The lowest BCUT2D eigenvalue weighted by Gasteiger charge is -2.24. The summed E-state index contributed by atoms with van der Waals surface area (Å²) in [5, 5.41) is 8.15. The Balaban J connectivity index is 1.86. The van der Waals surface area contributed by atoms with Crippen molar-refractivity contribution < 1.29 is 4.74 Å². The second-order valence-electron chi connectivity index (χ2n) is 5.49. The molecule has 2 rings (SSSR count). The zero-order valence-electron chi connectivity index (χ0n) is 12.3. The molecule has 2 unspecified atom stereocenters. The van der Waals surface area contributed by atoms with Gasteiger partial charge in [-0.05, 0) is 51.1 Å². The highest BCUT2D eigenvalue weighted by Gasteiger charge is 2.18. The number of aromatic nitrogens is 2. The first-order chi connectivity index (χ1) is 9.29. The minimum absolute atomic E-state index is 0.367. The van der Waals surface area contributed by atoms with Crippen LogP contribution in [0.1, 0.15) is 57.2 Å². The van der Waals surface area contributed by atoms with Gasteiger partial charge in [0.05, 0.1) is 17.8 Å². The van der Waals surface area contributed by atoms with E-state index in [0.29, 0.717) is 12.1 Å². The molecule has 1 aliphatic rings.